The lowest BCUT2D eigenvalue weighted by Gasteiger charge is -2.11. The van der Waals surface area contributed by atoms with Crippen LogP contribution in [0.3, 0.4) is 0 Å². The average molecular weight is 288 g/mol. The first-order valence-electron chi connectivity index (χ1n) is 4.40. The van der Waals surface area contributed by atoms with Crippen molar-refractivity contribution in [3.63, 3.8) is 0 Å². The van der Waals surface area contributed by atoms with Gasteiger partial charge in [0.05, 0.1) is 5.56 Å². The highest BCUT2D eigenvalue weighted by Gasteiger charge is 2.15. The van der Waals surface area contributed by atoms with Gasteiger partial charge in [-0.3, -0.25) is 19.8 Å². The maximum absolute atomic E-state index is 11.6. The number of hydroxylamine groups is 1. The Bertz CT molecular complexity index is 411. The van der Waals surface area contributed by atoms with E-state index in [9.17, 15) is 9.59 Å². The van der Waals surface area contributed by atoms with Crippen LogP contribution in [0.15, 0.2) is 22.9 Å². The summed E-state index contributed by atoms with van der Waals surface area (Å²) in [7, 11) is 0. The number of hydrogen-bond acceptors (Lipinski definition) is 4. The number of carbonyl (C=O) groups is 2. The van der Waals surface area contributed by atoms with Gasteiger partial charge >= 0.3 is 0 Å². The van der Waals surface area contributed by atoms with E-state index in [0.29, 0.717) is 10.0 Å². The van der Waals surface area contributed by atoms with Gasteiger partial charge in [0.25, 0.3) is 11.8 Å². The second-order valence-electron chi connectivity index (χ2n) is 3.06. The topological polar surface area (TPSA) is 91.3 Å². The van der Waals surface area contributed by atoms with E-state index < -0.39 is 17.9 Å². The Hall–Kier alpha value is -1.47. The molecule has 86 valence electrons. The van der Waals surface area contributed by atoms with Crippen LogP contribution in [-0.4, -0.2) is 28.0 Å². The zero-order valence-electron chi connectivity index (χ0n) is 8.40. The van der Waals surface area contributed by atoms with Gasteiger partial charge in [0.2, 0.25) is 0 Å². The molecule has 1 aromatic rings. The fourth-order valence-electron chi connectivity index (χ4n) is 0.978. The minimum atomic E-state index is -0.823. The van der Waals surface area contributed by atoms with Gasteiger partial charge in [0.15, 0.2) is 0 Å². The number of hydrogen-bond donors (Lipinski definition) is 3. The van der Waals surface area contributed by atoms with E-state index in [2.05, 4.69) is 26.2 Å². The molecule has 0 unspecified atom stereocenters. The highest BCUT2D eigenvalue weighted by molar-refractivity contribution is 9.10. The van der Waals surface area contributed by atoms with Crippen molar-refractivity contribution in [2.75, 3.05) is 0 Å². The van der Waals surface area contributed by atoms with E-state index >= 15 is 0 Å². The van der Waals surface area contributed by atoms with Gasteiger partial charge < -0.3 is 5.32 Å². The Morgan fingerprint density at radius 1 is 1.50 bits per heavy atom. The lowest BCUT2D eigenvalue weighted by molar-refractivity contribution is -0.130. The number of rotatable bonds is 3. The van der Waals surface area contributed by atoms with Crippen LogP contribution in [0, 0.1) is 0 Å². The van der Waals surface area contributed by atoms with Crippen molar-refractivity contribution in [3.05, 3.63) is 28.5 Å². The molecule has 1 rings (SSSR count). The van der Waals surface area contributed by atoms with Crippen molar-refractivity contribution in [2.45, 2.75) is 13.0 Å². The number of carbonyl (C=O) groups excluding carboxylic acids is 2. The predicted octanol–water partition coefficient (Wildman–Crippen LogP) is 0.468. The minimum absolute atomic E-state index is 0.326. The average Bonchev–Trinajstić information content (AvgIpc) is 2.27. The summed E-state index contributed by atoms with van der Waals surface area (Å²) in [5.41, 5.74) is 1.78. The summed E-state index contributed by atoms with van der Waals surface area (Å²) in [5.74, 6) is -1.12. The normalized spacial score (nSPS) is 11.7. The van der Waals surface area contributed by atoms with Gasteiger partial charge in [0.1, 0.15) is 6.04 Å². The monoisotopic (exact) mass is 287 g/mol. The maximum Gasteiger partial charge on any atom is 0.265 e. The van der Waals surface area contributed by atoms with Crippen molar-refractivity contribution in [3.8, 4) is 0 Å². The SMILES string of the molecule is C[C@H](NC(=O)c1cncc(Br)c1)C(=O)NO. The molecule has 16 heavy (non-hydrogen) atoms. The number of aromatic nitrogens is 1. The third-order valence-electron chi connectivity index (χ3n) is 1.82. The molecule has 0 fully saturated rings. The fourth-order valence-corrected chi connectivity index (χ4v) is 1.34. The maximum atomic E-state index is 11.6. The Morgan fingerprint density at radius 2 is 2.19 bits per heavy atom. The molecule has 0 aliphatic heterocycles. The van der Waals surface area contributed by atoms with Gasteiger partial charge in [0, 0.05) is 16.9 Å². The largest absolute Gasteiger partial charge is 0.340 e. The van der Waals surface area contributed by atoms with E-state index in [1.807, 2.05) is 0 Å². The third-order valence-corrected chi connectivity index (χ3v) is 2.25. The Balaban J connectivity index is 2.69. The molecule has 2 amide bonds. The standard InChI is InChI=1S/C9H10BrN3O3/c1-5(8(14)13-16)12-9(15)6-2-7(10)4-11-3-6/h2-5,16H,1H3,(H,12,15)(H,13,14)/t5-/m0/s1. The first-order valence-corrected chi connectivity index (χ1v) is 5.19. The Labute approximate surface area is 100 Å². The van der Waals surface area contributed by atoms with Gasteiger partial charge in [-0.05, 0) is 28.9 Å². The van der Waals surface area contributed by atoms with Crippen LogP contribution in [0.4, 0.5) is 0 Å². The molecule has 3 N–H and O–H groups in total. The second kappa shape index (κ2) is 5.57. The summed E-state index contributed by atoms with van der Waals surface area (Å²) in [5, 5.41) is 10.8. The van der Waals surface area contributed by atoms with Crippen LogP contribution >= 0.6 is 15.9 Å². The molecular formula is C9H10BrN3O3. The quantitative estimate of drug-likeness (QED) is 0.557. The number of nitrogens with zero attached hydrogens (tertiary/aromatic N) is 1. The fraction of sp³-hybridized carbons (Fsp3) is 0.222. The van der Waals surface area contributed by atoms with Crippen LogP contribution in [0.1, 0.15) is 17.3 Å². The highest BCUT2D eigenvalue weighted by atomic mass is 79.9. The molecule has 1 heterocycles. The van der Waals surface area contributed by atoms with Gasteiger partial charge in [-0.1, -0.05) is 0 Å². The van der Waals surface area contributed by atoms with Gasteiger partial charge in [-0.25, -0.2) is 5.48 Å². The van der Waals surface area contributed by atoms with Crippen molar-refractivity contribution in [1.29, 1.82) is 0 Å². The molecular weight excluding hydrogens is 278 g/mol. The van der Waals surface area contributed by atoms with Crippen molar-refractivity contribution in [1.82, 2.24) is 15.8 Å². The molecule has 7 heteroatoms. The third kappa shape index (κ3) is 3.28. The minimum Gasteiger partial charge on any atom is -0.340 e. The zero-order chi connectivity index (χ0) is 12.1. The summed E-state index contributed by atoms with van der Waals surface area (Å²) in [4.78, 5) is 26.4. The summed E-state index contributed by atoms with van der Waals surface area (Å²) in [6.45, 7) is 1.45. The van der Waals surface area contributed by atoms with E-state index in [1.54, 1.807) is 12.3 Å². The molecule has 0 saturated heterocycles. The molecule has 0 aliphatic rings. The zero-order valence-corrected chi connectivity index (χ0v) is 9.98. The van der Waals surface area contributed by atoms with E-state index in [-0.39, 0.29) is 0 Å². The number of nitrogens with one attached hydrogen (secondary N) is 2. The molecule has 0 radical (unpaired) electrons. The van der Waals surface area contributed by atoms with Crippen LogP contribution in [0.2, 0.25) is 0 Å². The second-order valence-corrected chi connectivity index (χ2v) is 3.98. The van der Waals surface area contributed by atoms with Crippen molar-refractivity contribution < 1.29 is 14.8 Å². The summed E-state index contributed by atoms with van der Waals surface area (Å²) >= 11 is 3.18. The molecule has 0 spiro atoms. The Morgan fingerprint density at radius 3 is 2.75 bits per heavy atom. The van der Waals surface area contributed by atoms with Crippen LogP contribution in [0.5, 0.6) is 0 Å². The highest BCUT2D eigenvalue weighted by Crippen LogP contribution is 2.09. The lowest BCUT2D eigenvalue weighted by atomic mass is 10.2. The molecule has 1 aromatic heterocycles. The first kappa shape index (κ1) is 12.6. The molecule has 0 saturated carbocycles. The van der Waals surface area contributed by atoms with Crippen LogP contribution in [0.25, 0.3) is 0 Å². The Kier molecular flexibility index (Phi) is 4.39. The summed E-state index contributed by atoms with van der Waals surface area (Å²) in [6.07, 6.45) is 2.92. The smallest absolute Gasteiger partial charge is 0.265 e. The van der Waals surface area contributed by atoms with Crippen molar-refractivity contribution in [2.24, 2.45) is 0 Å². The van der Waals surface area contributed by atoms with Crippen molar-refractivity contribution >= 4 is 27.7 Å². The number of amides is 2. The first-order chi connectivity index (χ1) is 7.54. The molecule has 6 nitrogen and oxygen atoms in total. The van der Waals surface area contributed by atoms with E-state index in [4.69, 9.17) is 5.21 Å². The van der Waals surface area contributed by atoms with Gasteiger partial charge in [-0.15, -0.1) is 0 Å². The van der Waals surface area contributed by atoms with Gasteiger partial charge in [-0.2, -0.15) is 0 Å². The van der Waals surface area contributed by atoms with E-state index in [1.165, 1.54) is 18.6 Å². The lowest BCUT2D eigenvalue weighted by Crippen LogP contribution is -2.43. The summed E-state index contributed by atoms with van der Waals surface area (Å²) in [6, 6.07) is 0.753. The van der Waals surface area contributed by atoms with E-state index in [0.717, 1.165) is 0 Å². The van der Waals surface area contributed by atoms with Crippen LogP contribution in [-0.2, 0) is 4.79 Å². The summed E-state index contributed by atoms with van der Waals surface area (Å²) < 4.78 is 0.666. The molecule has 0 bridgehead atoms. The number of halogens is 1. The van der Waals surface area contributed by atoms with Crippen LogP contribution < -0.4 is 10.8 Å². The molecule has 0 aromatic carbocycles. The predicted molar refractivity (Wildman–Crippen MR) is 58.8 cm³/mol. The number of pyridine rings is 1. The molecule has 0 aliphatic carbocycles. The molecule has 1 atom stereocenters.